The molecule has 1 unspecified atom stereocenters. The van der Waals surface area contributed by atoms with E-state index in [9.17, 15) is 4.79 Å². The number of aromatic nitrogens is 3. The van der Waals surface area contributed by atoms with Crippen molar-refractivity contribution in [3.8, 4) is 22.9 Å². The monoisotopic (exact) mass is 400 g/mol. The van der Waals surface area contributed by atoms with E-state index in [0.717, 1.165) is 0 Å². The Hall–Kier alpha value is -2.78. The van der Waals surface area contributed by atoms with Crippen molar-refractivity contribution in [1.82, 2.24) is 15.0 Å². The number of rotatable bonds is 7. The van der Waals surface area contributed by atoms with Crippen LogP contribution < -0.4 is 5.32 Å². The van der Waals surface area contributed by atoms with Gasteiger partial charge >= 0.3 is 0 Å². The number of H-pyrrole nitrogens is 1. The molecule has 0 saturated heterocycles. The second-order valence-electron chi connectivity index (χ2n) is 5.56. The van der Waals surface area contributed by atoms with Gasteiger partial charge in [0.25, 0.3) is 0 Å². The third-order valence-corrected chi connectivity index (χ3v) is 5.72. The van der Waals surface area contributed by atoms with Gasteiger partial charge < -0.3 is 19.1 Å². The van der Waals surface area contributed by atoms with Gasteiger partial charge in [0.15, 0.2) is 21.8 Å². The number of furan rings is 2. The molecular formula is C18H16N4O3S2. The van der Waals surface area contributed by atoms with Gasteiger partial charge in [0.1, 0.15) is 11.4 Å². The number of imidazole rings is 1. The molecular weight excluding hydrogens is 384 g/mol. The Morgan fingerprint density at radius 3 is 2.70 bits per heavy atom. The van der Waals surface area contributed by atoms with Gasteiger partial charge in [-0.25, -0.2) is 9.97 Å². The van der Waals surface area contributed by atoms with Crippen LogP contribution in [-0.2, 0) is 4.79 Å². The predicted octanol–water partition coefficient (Wildman–Crippen LogP) is 4.90. The lowest BCUT2D eigenvalue weighted by Gasteiger charge is -2.11. The van der Waals surface area contributed by atoms with Crippen LogP contribution in [0.5, 0.6) is 0 Å². The number of aromatic amines is 1. The van der Waals surface area contributed by atoms with Crippen LogP contribution in [0.4, 0.5) is 5.13 Å². The smallest absolute Gasteiger partial charge is 0.239 e. The first-order chi connectivity index (χ1) is 13.2. The zero-order chi connectivity index (χ0) is 18.6. The number of carbonyl (C=O) groups excluding carboxylic acids is 1. The lowest BCUT2D eigenvalue weighted by atomic mass is 10.2. The molecule has 0 bridgehead atoms. The molecule has 1 atom stereocenters. The number of hydrogen-bond donors (Lipinski definition) is 2. The maximum absolute atomic E-state index is 12.6. The maximum Gasteiger partial charge on any atom is 0.239 e. The average molecular weight is 400 g/mol. The molecule has 0 radical (unpaired) electrons. The molecule has 0 saturated carbocycles. The summed E-state index contributed by atoms with van der Waals surface area (Å²) < 4.78 is 11.0. The van der Waals surface area contributed by atoms with Crippen LogP contribution in [-0.4, -0.2) is 26.1 Å². The number of thioether (sulfide) groups is 1. The topological polar surface area (TPSA) is 97.0 Å². The molecule has 4 heterocycles. The van der Waals surface area contributed by atoms with E-state index >= 15 is 0 Å². The largest absolute Gasteiger partial charge is 0.463 e. The number of nitrogens with zero attached hydrogens (tertiary/aromatic N) is 2. The van der Waals surface area contributed by atoms with Crippen LogP contribution >= 0.6 is 23.1 Å². The van der Waals surface area contributed by atoms with Crippen LogP contribution in [0.1, 0.15) is 13.3 Å². The fourth-order valence-corrected chi connectivity index (χ4v) is 3.97. The van der Waals surface area contributed by atoms with Gasteiger partial charge in [-0.2, -0.15) is 0 Å². The van der Waals surface area contributed by atoms with E-state index < -0.39 is 0 Å². The highest BCUT2D eigenvalue weighted by molar-refractivity contribution is 8.00. The molecule has 27 heavy (non-hydrogen) atoms. The summed E-state index contributed by atoms with van der Waals surface area (Å²) >= 11 is 2.75. The number of hydrogen-bond acceptors (Lipinski definition) is 7. The van der Waals surface area contributed by atoms with E-state index in [4.69, 9.17) is 8.83 Å². The van der Waals surface area contributed by atoms with Gasteiger partial charge in [0.05, 0.1) is 17.8 Å². The lowest BCUT2D eigenvalue weighted by molar-refractivity contribution is -0.115. The van der Waals surface area contributed by atoms with E-state index in [2.05, 4.69) is 20.3 Å². The van der Waals surface area contributed by atoms with Crippen molar-refractivity contribution in [2.24, 2.45) is 0 Å². The highest BCUT2D eigenvalue weighted by Gasteiger charge is 2.24. The number of thiazole rings is 1. The van der Waals surface area contributed by atoms with E-state index in [-0.39, 0.29) is 11.2 Å². The standard InChI is InChI=1S/C18H16N4O3S2/c1-2-13(16(23)22-17-19-7-10-26-17)27-18-20-14(11-5-3-8-24-11)15(21-18)12-6-4-9-25-12/h3-10,13H,2H2,1H3,(H,20,21)(H,19,22,23). The summed E-state index contributed by atoms with van der Waals surface area (Å²) in [4.78, 5) is 24.5. The zero-order valence-electron chi connectivity index (χ0n) is 14.3. The SMILES string of the molecule is CCC(Sc1nc(-c2ccco2)c(-c2ccco2)[nH]1)C(=O)Nc1nccs1. The summed E-state index contributed by atoms with van der Waals surface area (Å²) in [5.41, 5.74) is 1.36. The molecule has 4 aromatic heterocycles. The van der Waals surface area contributed by atoms with Gasteiger partial charge in [-0.1, -0.05) is 18.7 Å². The first kappa shape index (κ1) is 17.6. The molecule has 0 aromatic carbocycles. The van der Waals surface area contributed by atoms with E-state index in [1.807, 2.05) is 30.5 Å². The molecule has 9 heteroatoms. The summed E-state index contributed by atoms with van der Waals surface area (Å²) in [7, 11) is 0. The highest BCUT2D eigenvalue weighted by Crippen LogP contribution is 2.35. The van der Waals surface area contributed by atoms with Gasteiger partial charge in [0, 0.05) is 11.6 Å². The van der Waals surface area contributed by atoms with Crippen LogP contribution in [0.3, 0.4) is 0 Å². The fourth-order valence-electron chi connectivity index (χ4n) is 2.53. The Morgan fingerprint density at radius 2 is 2.07 bits per heavy atom. The summed E-state index contributed by atoms with van der Waals surface area (Å²) in [5, 5.41) is 5.56. The Balaban J connectivity index is 1.59. The van der Waals surface area contributed by atoms with Gasteiger partial charge in [-0.15, -0.1) is 11.3 Å². The molecule has 2 N–H and O–H groups in total. The molecule has 138 valence electrons. The molecule has 0 aliphatic rings. The van der Waals surface area contributed by atoms with Crippen LogP contribution in [0.2, 0.25) is 0 Å². The van der Waals surface area contributed by atoms with Gasteiger partial charge in [0.2, 0.25) is 5.91 Å². The summed E-state index contributed by atoms with van der Waals surface area (Å²) in [6.07, 6.45) is 5.51. The van der Waals surface area contributed by atoms with Crippen molar-refractivity contribution in [2.75, 3.05) is 5.32 Å². The number of carbonyl (C=O) groups is 1. The molecule has 0 spiro atoms. The van der Waals surface area contributed by atoms with Crippen LogP contribution in [0, 0.1) is 0 Å². The third-order valence-electron chi connectivity index (χ3n) is 3.78. The molecule has 0 aliphatic carbocycles. The molecule has 1 amide bonds. The minimum Gasteiger partial charge on any atom is -0.463 e. The summed E-state index contributed by atoms with van der Waals surface area (Å²) in [6, 6.07) is 7.30. The second-order valence-corrected chi connectivity index (χ2v) is 7.65. The van der Waals surface area contributed by atoms with Crippen LogP contribution in [0.25, 0.3) is 22.9 Å². The minimum absolute atomic E-state index is 0.104. The maximum atomic E-state index is 12.6. The molecule has 0 aliphatic heterocycles. The Morgan fingerprint density at radius 1 is 1.30 bits per heavy atom. The van der Waals surface area contributed by atoms with Gasteiger partial charge in [-0.3, -0.25) is 4.79 Å². The lowest BCUT2D eigenvalue weighted by Crippen LogP contribution is -2.24. The first-order valence-electron chi connectivity index (χ1n) is 8.29. The number of amides is 1. The number of anilines is 1. The van der Waals surface area contributed by atoms with Crippen molar-refractivity contribution < 1.29 is 13.6 Å². The minimum atomic E-state index is -0.311. The van der Waals surface area contributed by atoms with Crippen molar-refractivity contribution in [3.63, 3.8) is 0 Å². The predicted molar refractivity (Wildman–Crippen MR) is 105 cm³/mol. The Kier molecular flexibility index (Phi) is 5.12. The average Bonchev–Trinajstić information content (AvgIpc) is 3.47. The van der Waals surface area contributed by atoms with E-state index in [0.29, 0.717) is 39.6 Å². The third kappa shape index (κ3) is 3.83. The van der Waals surface area contributed by atoms with Crippen molar-refractivity contribution in [1.29, 1.82) is 0 Å². The van der Waals surface area contributed by atoms with Crippen LogP contribution in [0.15, 0.2) is 62.4 Å². The van der Waals surface area contributed by atoms with Crippen molar-refractivity contribution >= 4 is 34.1 Å². The second kappa shape index (κ2) is 7.85. The van der Waals surface area contributed by atoms with Crippen molar-refractivity contribution in [3.05, 3.63) is 48.4 Å². The molecule has 4 rings (SSSR count). The fraction of sp³-hybridized carbons (Fsp3) is 0.167. The Bertz CT molecular complexity index is 940. The molecule has 4 aromatic rings. The summed E-state index contributed by atoms with van der Waals surface area (Å²) in [5.74, 6) is 1.18. The van der Waals surface area contributed by atoms with E-state index in [1.54, 1.807) is 24.8 Å². The quantitative estimate of drug-likeness (QED) is 0.429. The summed E-state index contributed by atoms with van der Waals surface area (Å²) in [6.45, 7) is 1.96. The van der Waals surface area contributed by atoms with Crippen molar-refractivity contribution in [2.45, 2.75) is 23.8 Å². The van der Waals surface area contributed by atoms with Gasteiger partial charge in [-0.05, 0) is 30.7 Å². The van der Waals surface area contributed by atoms with E-state index in [1.165, 1.54) is 23.1 Å². The highest BCUT2D eigenvalue weighted by atomic mass is 32.2. The normalized spacial score (nSPS) is 12.2. The zero-order valence-corrected chi connectivity index (χ0v) is 16.0. The Labute approximate surface area is 163 Å². The molecule has 7 nitrogen and oxygen atoms in total. The first-order valence-corrected chi connectivity index (χ1v) is 10.0. The number of nitrogens with one attached hydrogen (secondary N) is 2. The molecule has 0 fully saturated rings.